The van der Waals surface area contributed by atoms with Crippen LogP contribution in [0, 0.1) is 22.9 Å². The summed E-state index contributed by atoms with van der Waals surface area (Å²) in [6.45, 7) is 2.33. The molecule has 1 N–H and O–H groups in total. The molecule has 1 aliphatic heterocycles. The summed E-state index contributed by atoms with van der Waals surface area (Å²) < 4.78 is 19.7. The fraction of sp³-hybridized carbons (Fsp3) is 0.118. The van der Waals surface area contributed by atoms with Crippen LogP contribution in [0.4, 0.5) is 15.2 Å². The summed E-state index contributed by atoms with van der Waals surface area (Å²) in [5.41, 5.74) is 3.21. The van der Waals surface area contributed by atoms with E-state index in [1.807, 2.05) is 31.2 Å². The van der Waals surface area contributed by atoms with Gasteiger partial charge >= 0.3 is 5.91 Å². The molecule has 1 unspecified atom stereocenters. The van der Waals surface area contributed by atoms with Gasteiger partial charge in [0.25, 0.3) is 11.5 Å². The SMILES string of the molecule is Cc1ccccc1COc1ccc(C(O)=C2C(=O)C(=O)N(c3nnc(SCc4ccc(F)cc4)s3)C2c2ccc([N+](=O)[O-])cc2)cc1. The average Bonchev–Trinajstić information content (AvgIpc) is 3.65. The van der Waals surface area contributed by atoms with E-state index in [9.17, 15) is 29.2 Å². The van der Waals surface area contributed by atoms with Gasteiger partial charge in [-0.05, 0) is 77.7 Å². The number of amides is 1. The molecule has 236 valence electrons. The summed E-state index contributed by atoms with van der Waals surface area (Å²) >= 11 is 2.39. The van der Waals surface area contributed by atoms with Gasteiger partial charge in [-0.2, -0.15) is 0 Å². The summed E-state index contributed by atoms with van der Waals surface area (Å²) in [5.74, 6) is -1.64. The lowest BCUT2D eigenvalue weighted by Gasteiger charge is -2.22. The maximum atomic E-state index is 13.5. The van der Waals surface area contributed by atoms with Gasteiger partial charge in [-0.1, -0.05) is 59.5 Å². The van der Waals surface area contributed by atoms with Crippen LogP contribution in [0.15, 0.2) is 107 Å². The van der Waals surface area contributed by atoms with E-state index in [1.165, 1.54) is 48.2 Å². The van der Waals surface area contributed by atoms with Crippen molar-refractivity contribution in [2.24, 2.45) is 0 Å². The number of hydrogen-bond donors (Lipinski definition) is 1. The summed E-state index contributed by atoms with van der Waals surface area (Å²) in [4.78, 5) is 39.0. The number of nitrogens with zero attached hydrogens (tertiary/aromatic N) is 4. The Kier molecular flexibility index (Phi) is 9.09. The molecule has 1 aromatic heterocycles. The molecule has 5 aromatic rings. The Morgan fingerprint density at radius 1 is 1.00 bits per heavy atom. The number of rotatable bonds is 10. The lowest BCUT2D eigenvalue weighted by molar-refractivity contribution is -0.384. The predicted molar refractivity (Wildman–Crippen MR) is 176 cm³/mol. The minimum atomic E-state index is -1.14. The highest BCUT2D eigenvalue weighted by molar-refractivity contribution is 8.00. The van der Waals surface area contributed by atoms with E-state index in [0.717, 1.165) is 32.9 Å². The number of non-ortho nitro benzene ring substituents is 1. The number of benzene rings is 4. The van der Waals surface area contributed by atoms with Crippen LogP contribution in [0.2, 0.25) is 0 Å². The number of aliphatic hydroxyl groups excluding tert-OH is 1. The van der Waals surface area contributed by atoms with E-state index in [1.54, 1.807) is 36.4 Å². The number of aromatic nitrogens is 2. The molecular weight excluding hydrogens is 644 g/mol. The van der Waals surface area contributed by atoms with Crippen LogP contribution >= 0.6 is 23.1 Å². The minimum absolute atomic E-state index is 0.107. The van der Waals surface area contributed by atoms with Crippen molar-refractivity contribution in [2.45, 2.75) is 29.7 Å². The van der Waals surface area contributed by atoms with Crippen molar-refractivity contribution in [2.75, 3.05) is 4.90 Å². The van der Waals surface area contributed by atoms with Crippen molar-refractivity contribution < 1.29 is 28.7 Å². The first-order valence-corrected chi connectivity index (χ1v) is 16.0. The Hall–Kier alpha value is -5.40. The minimum Gasteiger partial charge on any atom is -0.507 e. The predicted octanol–water partition coefficient (Wildman–Crippen LogP) is 7.39. The first-order chi connectivity index (χ1) is 22.7. The lowest BCUT2D eigenvalue weighted by Crippen LogP contribution is -2.29. The molecule has 1 aliphatic rings. The van der Waals surface area contributed by atoms with Crippen molar-refractivity contribution in [1.82, 2.24) is 10.2 Å². The number of ether oxygens (including phenoxy) is 1. The van der Waals surface area contributed by atoms with E-state index in [4.69, 9.17) is 4.74 Å². The number of nitro benzene ring substituents is 1. The number of hydrogen-bond acceptors (Lipinski definition) is 10. The highest BCUT2D eigenvalue weighted by Gasteiger charge is 2.48. The van der Waals surface area contributed by atoms with Crippen molar-refractivity contribution in [3.05, 3.63) is 146 Å². The Morgan fingerprint density at radius 2 is 1.70 bits per heavy atom. The highest BCUT2D eigenvalue weighted by Crippen LogP contribution is 2.44. The largest absolute Gasteiger partial charge is 0.507 e. The van der Waals surface area contributed by atoms with Crippen molar-refractivity contribution in [3.8, 4) is 5.75 Å². The number of ketones is 1. The number of carbonyl (C=O) groups excluding carboxylic acids is 2. The zero-order chi connectivity index (χ0) is 33.1. The number of Topliss-reactive ketones (excluding diaryl/α,β-unsaturated/α-hetero) is 1. The quantitative estimate of drug-likeness (QED) is 0.0307. The zero-order valence-corrected chi connectivity index (χ0v) is 26.3. The number of anilines is 1. The van der Waals surface area contributed by atoms with Crippen LogP contribution < -0.4 is 9.64 Å². The van der Waals surface area contributed by atoms with Crippen LogP contribution in [-0.4, -0.2) is 31.9 Å². The fourth-order valence-electron chi connectivity index (χ4n) is 5.01. The van der Waals surface area contributed by atoms with Gasteiger partial charge in [0.2, 0.25) is 5.13 Å². The Bertz CT molecular complexity index is 2000. The van der Waals surface area contributed by atoms with Crippen LogP contribution in [0.1, 0.15) is 33.9 Å². The molecule has 0 spiro atoms. The summed E-state index contributed by atoms with van der Waals surface area (Å²) in [7, 11) is 0. The third-order valence-corrected chi connectivity index (χ3v) is 9.65. The van der Waals surface area contributed by atoms with Gasteiger partial charge < -0.3 is 9.84 Å². The van der Waals surface area contributed by atoms with E-state index in [0.29, 0.717) is 28.0 Å². The Balaban J connectivity index is 1.31. The second kappa shape index (κ2) is 13.5. The van der Waals surface area contributed by atoms with Crippen molar-refractivity contribution in [3.63, 3.8) is 0 Å². The van der Waals surface area contributed by atoms with Gasteiger partial charge in [0.05, 0.1) is 16.5 Å². The summed E-state index contributed by atoms with van der Waals surface area (Å²) in [6, 6.07) is 24.6. The van der Waals surface area contributed by atoms with Crippen LogP contribution in [0.5, 0.6) is 5.75 Å². The number of halogens is 1. The van der Waals surface area contributed by atoms with Crippen molar-refractivity contribution >= 4 is 51.4 Å². The van der Waals surface area contributed by atoms with Crippen molar-refractivity contribution in [1.29, 1.82) is 0 Å². The number of thioether (sulfide) groups is 1. The van der Waals surface area contributed by atoms with Gasteiger partial charge in [0, 0.05) is 23.4 Å². The monoisotopic (exact) mass is 668 g/mol. The lowest BCUT2D eigenvalue weighted by atomic mass is 9.95. The Morgan fingerprint density at radius 3 is 2.38 bits per heavy atom. The standard InChI is InChI=1S/C34H25FN4O6S2/c1-20-4-2-3-5-24(20)18-45-27-16-10-23(11-17-27)30(40)28-29(22-8-14-26(15-9-22)39(43)44)38(32(42)31(28)41)33-36-37-34(47-33)46-19-21-6-12-25(35)13-7-21/h2-17,29,40H,18-19H2,1H3. The van der Waals surface area contributed by atoms with E-state index in [2.05, 4.69) is 10.2 Å². The summed E-state index contributed by atoms with van der Waals surface area (Å²) in [5, 5.41) is 31.3. The molecule has 10 nitrogen and oxygen atoms in total. The molecule has 1 atom stereocenters. The molecule has 2 heterocycles. The molecule has 0 saturated carbocycles. The highest BCUT2D eigenvalue weighted by atomic mass is 32.2. The van der Waals surface area contributed by atoms with Gasteiger partial charge in [0.15, 0.2) is 4.34 Å². The summed E-state index contributed by atoms with van der Waals surface area (Å²) in [6.07, 6.45) is 0. The smallest absolute Gasteiger partial charge is 0.301 e. The van der Waals surface area contributed by atoms with Gasteiger partial charge in [-0.25, -0.2) is 4.39 Å². The van der Waals surface area contributed by atoms with Gasteiger partial charge in [-0.15, -0.1) is 10.2 Å². The number of nitro groups is 1. The molecule has 0 bridgehead atoms. The maximum Gasteiger partial charge on any atom is 0.301 e. The molecule has 0 radical (unpaired) electrons. The second-order valence-corrected chi connectivity index (χ2v) is 12.7. The molecule has 4 aromatic carbocycles. The normalized spacial score (nSPS) is 15.6. The molecule has 1 amide bonds. The molecule has 6 rings (SSSR count). The van der Waals surface area contributed by atoms with E-state index < -0.39 is 28.4 Å². The molecule has 47 heavy (non-hydrogen) atoms. The molecule has 1 saturated heterocycles. The van der Waals surface area contributed by atoms with E-state index in [-0.39, 0.29) is 27.8 Å². The van der Waals surface area contributed by atoms with Crippen LogP contribution in [-0.2, 0) is 21.9 Å². The molecule has 1 fully saturated rings. The molecule has 0 aliphatic carbocycles. The Labute approximate surface area is 276 Å². The number of aliphatic hydroxyl groups is 1. The second-order valence-electron chi connectivity index (χ2n) is 10.5. The molecular formula is C34H25FN4O6S2. The number of carbonyl (C=O) groups is 2. The maximum absolute atomic E-state index is 13.5. The van der Waals surface area contributed by atoms with Crippen LogP contribution in [0.3, 0.4) is 0 Å². The third kappa shape index (κ3) is 6.76. The average molecular weight is 669 g/mol. The third-order valence-electron chi connectivity index (χ3n) is 7.52. The first-order valence-electron chi connectivity index (χ1n) is 14.2. The zero-order valence-electron chi connectivity index (χ0n) is 24.7. The molecule has 13 heteroatoms. The van der Waals surface area contributed by atoms with Crippen LogP contribution in [0.25, 0.3) is 5.76 Å². The topological polar surface area (TPSA) is 136 Å². The fourth-order valence-corrected chi connectivity index (χ4v) is 6.83. The van der Waals surface area contributed by atoms with Gasteiger partial charge in [0.1, 0.15) is 23.9 Å². The first kappa shape index (κ1) is 31.6. The van der Waals surface area contributed by atoms with Gasteiger partial charge in [-0.3, -0.25) is 24.6 Å². The number of aryl methyl sites for hydroxylation is 1. The van der Waals surface area contributed by atoms with E-state index >= 15 is 0 Å².